The second-order valence-electron chi connectivity index (χ2n) is 5.43. The van der Waals surface area contributed by atoms with Crippen LogP contribution in [0.4, 0.5) is 8.78 Å². The Balaban J connectivity index is 0.000000555. The van der Waals surface area contributed by atoms with Crippen molar-refractivity contribution >= 4 is 8.07 Å². The summed E-state index contributed by atoms with van der Waals surface area (Å²) in [6.45, 7) is 9.31. The predicted molar refractivity (Wildman–Crippen MR) is 76.6 cm³/mol. The molecule has 0 heterocycles. The lowest BCUT2D eigenvalue weighted by Crippen LogP contribution is -2.10. The molecule has 0 saturated carbocycles. The third kappa shape index (κ3) is 5.75. The van der Waals surface area contributed by atoms with Crippen molar-refractivity contribution in [1.82, 2.24) is 0 Å². The number of ether oxygens (including phenoxy) is 2. The highest BCUT2D eigenvalue weighted by Crippen LogP contribution is 2.30. The Morgan fingerprint density at radius 2 is 1.32 bits per heavy atom. The van der Waals surface area contributed by atoms with Crippen LogP contribution in [0.25, 0.3) is 0 Å². The first-order chi connectivity index (χ1) is 8.65. The first-order valence-corrected chi connectivity index (χ1v) is 9.72. The lowest BCUT2D eigenvalue weighted by Gasteiger charge is -2.08. The molecule has 19 heavy (non-hydrogen) atoms. The van der Waals surface area contributed by atoms with E-state index in [4.69, 9.17) is 6.42 Å². The van der Waals surface area contributed by atoms with Gasteiger partial charge < -0.3 is 9.47 Å². The minimum absolute atomic E-state index is 0.142. The third-order valence-electron chi connectivity index (χ3n) is 1.72. The summed E-state index contributed by atoms with van der Waals surface area (Å²) in [5.41, 5.74) is -0.485. The van der Waals surface area contributed by atoms with Gasteiger partial charge in [0.25, 0.3) is 0 Å². The fourth-order valence-electron chi connectivity index (χ4n) is 1.01. The Kier molecular flexibility index (Phi) is 6.57. The maximum atomic E-state index is 13.3. The van der Waals surface area contributed by atoms with E-state index in [1.807, 2.05) is 5.92 Å². The van der Waals surface area contributed by atoms with Gasteiger partial charge in [-0.15, -0.1) is 6.42 Å². The lowest BCUT2D eigenvalue weighted by atomic mass is 10.2. The van der Waals surface area contributed by atoms with Gasteiger partial charge in [0.05, 0.1) is 14.2 Å². The smallest absolute Gasteiger partial charge is 0.183 e. The van der Waals surface area contributed by atoms with Crippen molar-refractivity contribution in [3.05, 3.63) is 23.3 Å². The topological polar surface area (TPSA) is 18.5 Å². The summed E-state index contributed by atoms with van der Waals surface area (Å²) in [4.78, 5) is 0. The summed E-state index contributed by atoms with van der Waals surface area (Å²) in [6.07, 6.45) is 4.96. The lowest BCUT2D eigenvalue weighted by molar-refractivity contribution is 0.357. The van der Waals surface area contributed by atoms with Crippen LogP contribution >= 0.6 is 0 Å². The molecule has 1 aromatic carbocycles. The molecule has 106 valence electrons. The van der Waals surface area contributed by atoms with Crippen molar-refractivity contribution < 1.29 is 18.3 Å². The Labute approximate surface area is 114 Å². The van der Waals surface area contributed by atoms with Crippen LogP contribution in [0, 0.1) is 24.0 Å². The normalized spacial score (nSPS) is 10.1. The van der Waals surface area contributed by atoms with Crippen LogP contribution in [0.15, 0.2) is 6.07 Å². The van der Waals surface area contributed by atoms with E-state index in [9.17, 15) is 8.78 Å². The molecule has 0 N–H and O–H groups in total. The second kappa shape index (κ2) is 7.15. The van der Waals surface area contributed by atoms with Gasteiger partial charge in [-0.25, -0.2) is 8.78 Å². The molecule has 0 aliphatic carbocycles. The van der Waals surface area contributed by atoms with Crippen LogP contribution in [0.1, 0.15) is 5.56 Å². The van der Waals surface area contributed by atoms with Crippen LogP contribution in [0.2, 0.25) is 26.2 Å². The van der Waals surface area contributed by atoms with Gasteiger partial charge in [0.15, 0.2) is 23.1 Å². The number of hydrogen-bond acceptors (Lipinski definition) is 2. The summed E-state index contributed by atoms with van der Waals surface area (Å²) in [6, 6.07) is 1.10. The van der Waals surface area contributed by atoms with Crippen molar-refractivity contribution in [3.8, 4) is 23.8 Å². The molecule has 0 amide bonds. The zero-order valence-corrected chi connectivity index (χ0v) is 13.2. The molecule has 0 saturated heterocycles. The molecule has 0 aliphatic heterocycles. The molecule has 0 radical (unpaired) electrons. The number of benzene rings is 1. The molecular weight excluding hydrogens is 266 g/mol. The number of methoxy groups -OCH3 is 2. The molecular formula is C14H20F2O2Si. The Bertz CT molecular complexity index is 440. The molecule has 0 atom stereocenters. The summed E-state index contributed by atoms with van der Waals surface area (Å²) < 4.78 is 35.9. The SMILES string of the molecule is C#Cc1c(F)c(OC)cc(OC)c1F.C[Si](C)(C)C. The Morgan fingerprint density at radius 1 is 1.00 bits per heavy atom. The summed E-state index contributed by atoms with van der Waals surface area (Å²) in [7, 11) is 1.91. The zero-order chi connectivity index (χ0) is 15.2. The maximum absolute atomic E-state index is 13.3. The maximum Gasteiger partial charge on any atom is 0.183 e. The predicted octanol–water partition coefficient (Wildman–Crippen LogP) is 3.92. The van der Waals surface area contributed by atoms with Gasteiger partial charge >= 0.3 is 0 Å². The van der Waals surface area contributed by atoms with Gasteiger partial charge in [-0.1, -0.05) is 32.1 Å². The van der Waals surface area contributed by atoms with Crippen molar-refractivity contribution in [2.75, 3.05) is 14.2 Å². The molecule has 0 fully saturated rings. The second-order valence-corrected chi connectivity index (χ2v) is 11.4. The van der Waals surface area contributed by atoms with E-state index in [-0.39, 0.29) is 11.5 Å². The fourth-order valence-corrected chi connectivity index (χ4v) is 1.01. The fraction of sp³-hybridized carbons (Fsp3) is 0.429. The van der Waals surface area contributed by atoms with Crippen LogP contribution in [0.5, 0.6) is 11.5 Å². The Morgan fingerprint density at radius 3 is 1.53 bits per heavy atom. The zero-order valence-electron chi connectivity index (χ0n) is 12.2. The van der Waals surface area contributed by atoms with E-state index < -0.39 is 25.3 Å². The van der Waals surface area contributed by atoms with Gasteiger partial charge in [0.2, 0.25) is 0 Å². The molecule has 5 heteroatoms. The minimum Gasteiger partial charge on any atom is -0.493 e. The van der Waals surface area contributed by atoms with Gasteiger partial charge in [-0.3, -0.25) is 0 Å². The Hall–Kier alpha value is -1.54. The standard InChI is InChI=1S/C10H8F2O2.C4H12Si/c1-4-6-9(11)7(13-2)5-8(14-3)10(6)12;1-5(2,3)4/h1,5H,2-3H3;1-4H3. The molecule has 0 aliphatic rings. The summed E-state index contributed by atoms with van der Waals surface area (Å²) >= 11 is 0. The van der Waals surface area contributed by atoms with Crippen LogP contribution in [-0.4, -0.2) is 22.3 Å². The molecule has 2 nitrogen and oxygen atoms in total. The summed E-state index contributed by atoms with van der Waals surface area (Å²) in [5, 5.41) is 0. The van der Waals surface area contributed by atoms with Crippen molar-refractivity contribution in [1.29, 1.82) is 0 Å². The molecule has 0 unspecified atom stereocenters. The van der Waals surface area contributed by atoms with E-state index in [0.717, 1.165) is 6.07 Å². The number of terminal acetylenes is 1. The first-order valence-electron chi connectivity index (χ1n) is 5.72. The monoisotopic (exact) mass is 286 g/mol. The van der Waals surface area contributed by atoms with Gasteiger partial charge in [-0.05, 0) is 0 Å². The quantitative estimate of drug-likeness (QED) is 0.606. The molecule has 1 rings (SSSR count). The van der Waals surface area contributed by atoms with Crippen LogP contribution in [0.3, 0.4) is 0 Å². The van der Waals surface area contributed by atoms with Gasteiger partial charge in [-0.2, -0.15) is 0 Å². The molecule has 1 aromatic rings. The van der Waals surface area contributed by atoms with E-state index >= 15 is 0 Å². The minimum atomic E-state index is -0.895. The number of halogens is 2. The third-order valence-corrected chi connectivity index (χ3v) is 1.72. The van der Waals surface area contributed by atoms with Crippen LogP contribution < -0.4 is 9.47 Å². The average Bonchev–Trinajstić information content (AvgIpc) is 2.28. The van der Waals surface area contributed by atoms with Crippen molar-refractivity contribution in [3.63, 3.8) is 0 Å². The average molecular weight is 286 g/mol. The number of rotatable bonds is 2. The largest absolute Gasteiger partial charge is 0.493 e. The van der Waals surface area contributed by atoms with Crippen molar-refractivity contribution in [2.45, 2.75) is 26.2 Å². The first kappa shape index (κ1) is 17.5. The highest BCUT2D eigenvalue weighted by molar-refractivity contribution is 6.74. The van der Waals surface area contributed by atoms with Crippen molar-refractivity contribution in [2.24, 2.45) is 0 Å². The van der Waals surface area contributed by atoms with E-state index in [2.05, 4.69) is 35.7 Å². The van der Waals surface area contributed by atoms with E-state index in [0.29, 0.717) is 0 Å². The highest BCUT2D eigenvalue weighted by Gasteiger charge is 2.17. The van der Waals surface area contributed by atoms with E-state index in [1.165, 1.54) is 14.2 Å². The van der Waals surface area contributed by atoms with Crippen LogP contribution in [-0.2, 0) is 0 Å². The number of hydrogen-bond donors (Lipinski definition) is 0. The van der Waals surface area contributed by atoms with E-state index in [1.54, 1.807) is 0 Å². The highest BCUT2D eigenvalue weighted by atomic mass is 28.3. The molecule has 0 bridgehead atoms. The summed E-state index contributed by atoms with van der Waals surface area (Å²) in [5.74, 6) is -0.172. The molecule has 0 aromatic heterocycles. The van der Waals surface area contributed by atoms with Gasteiger partial charge in [0.1, 0.15) is 5.56 Å². The van der Waals surface area contributed by atoms with Gasteiger partial charge in [0, 0.05) is 14.1 Å². The molecule has 0 spiro atoms.